The van der Waals surface area contributed by atoms with Gasteiger partial charge in [0.25, 0.3) is 5.24 Å². The number of carbonyl (C=O) groups excluding carboxylic acids is 1. The van der Waals surface area contributed by atoms with Crippen LogP contribution in [0.25, 0.3) is 0 Å². The van der Waals surface area contributed by atoms with Crippen molar-refractivity contribution in [2.45, 2.75) is 64.2 Å². The molecule has 0 saturated heterocycles. The number of unbranched alkanes of at least 4 members (excludes halogenated alkanes) is 8. The van der Waals surface area contributed by atoms with Gasteiger partial charge < -0.3 is 5.32 Å². The molecule has 0 atom stereocenters. The van der Waals surface area contributed by atoms with Gasteiger partial charge in [-0.1, -0.05) is 50.0 Å². The minimum absolute atomic E-state index is 0.414. The predicted octanol–water partition coefficient (Wildman–Crippen LogP) is 7.12. The zero-order valence-electron chi connectivity index (χ0n) is 15.3. The van der Waals surface area contributed by atoms with Crippen molar-refractivity contribution < 1.29 is 4.79 Å². The molecule has 0 aromatic heterocycles. The van der Waals surface area contributed by atoms with Gasteiger partial charge in [-0.3, -0.25) is 4.79 Å². The van der Waals surface area contributed by atoms with Crippen molar-refractivity contribution in [2.75, 3.05) is 11.9 Å². The van der Waals surface area contributed by atoms with Crippen LogP contribution in [0.15, 0.2) is 49.1 Å². The number of allylic oxidation sites excluding steroid dienone is 3. The summed E-state index contributed by atoms with van der Waals surface area (Å²) in [6.07, 6.45) is 19.1. The third-order valence-electron chi connectivity index (χ3n) is 4.16. The number of halogens is 1. The second-order valence-electron chi connectivity index (χ2n) is 6.38. The van der Waals surface area contributed by atoms with Gasteiger partial charge in [0.2, 0.25) is 0 Å². The maximum atomic E-state index is 11.1. The lowest BCUT2D eigenvalue weighted by Gasteiger charge is -2.06. The van der Waals surface area contributed by atoms with E-state index in [4.69, 9.17) is 11.6 Å². The molecule has 1 aromatic carbocycles. The molecule has 0 heterocycles. The first-order chi connectivity index (χ1) is 12.2. The van der Waals surface area contributed by atoms with Crippen LogP contribution in [-0.4, -0.2) is 11.8 Å². The minimum Gasteiger partial charge on any atom is -0.385 e. The van der Waals surface area contributed by atoms with Gasteiger partial charge in [0.1, 0.15) is 0 Å². The Kier molecular flexibility index (Phi) is 12.7. The molecular weight excluding hydrogens is 330 g/mol. The van der Waals surface area contributed by atoms with E-state index in [-0.39, 0.29) is 0 Å². The number of anilines is 1. The zero-order valence-corrected chi connectivity index (χ0v) is 16.1. The molecule has 0 saturated carbocycles. The van der Waals surface area contributed by atoms with Gasteiger partial charge in [-0.15, -0.1) is 6.58 Å². The summed E-state index contributed by atoms with van der Waals surface area (Å²) in [4.78, 5) is 11.1. The Labute approximate surface area is 158 Å². The second kappa shape index (κ2) is 14.8. The van der Waals surface area contributed by atoms with Gasteiger partial charge in [-0.05, 0) is 68.3 Å². The first-order valence-electron chi connectivity index (χ1n) is 9.53. The van der Waals surface area contributed by atoms with Crippen LogP contribution in [-0.2, 0) is 0 Å². The molecule has 0 aliphatic rings. The van der Waals surface area contributed by atoms with E-state index in [0.717, 1.165) is 31.5 Å². The summed E-state index contributed by atoms with van der Waals surface area (Å²) in [5.41, 5.74) is 1.48. The fraction of sp³-hybridized carbons (Fsp3) is 0.500. The lowest BCUT2D eigenvalue weighted by atomic mass is 10.1. The molecule has 0 radical (unpaired) electrons. The summed E-state index contributed by atoms with van der Waals surface area (Å²) in [5.74, 6) is 0. The molecule has 0 amide bonds. The van der Waals surface area contributed by atoms with Crippen LogP contribution in [0.1, 0.15) is 74.6 Å². The molecule has 0 aliphatic carbocycles. The molecular formula is C22H32ClNO. The average Bonchev–Trinajstić information content (AvgIpc) is 2.62. The third kappa shape index (κ3) is 11.6. The van der Waals surface area contributed by atoms with E-state index in [9.17, 15) is 4.79 Å². The maximum Gasteiger partial charge on any atom is 0.252 e. The topological polar surface area (TPSA) is 29.1 Å². The molecule has 0 fully saturated rings. The van der Waals surface area contributed by atoms with E-state index in [1.54, 1.807) is 12.1 Å². The fourth-order valence-electron chi connectivity index (χ4n) is 2.70. The molecule has 1 rings (SSSR count). The summed E-state index contributed by atoms with van der Waals surface area (Å²) in [6.45, 7) is 4.65. The fourth-order valence-corrected chi connectivity index (χ4v) is 2.82. The van der Waals surface area contributed by atoms with E-state index >= 15 is 0 Å². The molecule has 0 aliphatic heterocycles. The Morgan fingerprint density at radius 1 is 0.960 bits per heavy atom. The molecule has 138 valence electrons. The lowest BCUT2D eigenvalue weighted by molar-refractivity contribution is 0.108. The minimum atomic E-state index is -0.414. The predicted molar refractivity (Wildman–Crippen MR) is 111 cm³/mol. The van der Waals surface area contributed by atoms with Crippen LogP contribution >= 0.6 is 11.6 Å². The van der Waals surface area contributed by atoms with Crippen LogP contribution in [0.2, 0.25) is 0 Å². The number of benzene rings is 1. The lowest BCUT2D eigenvalue weighted by Crippen LogP contribution is -2.01. The molecule has 2 nitrogen and oxygen atoms in total. The van der Waals surface area contributed by atoms with Crippen molar-refractivity contribution in [3.05, 3.63) is 54.6 Å². The summed E-state index contributed by atoms with van der Waals surface area (Å²) in [6, 6.07) is 7.32. The van der Waals surface area contributed by atoms with E-state index in [2.05, 4.69) is 24.0 Å². The summed E-state index contributed by atoms with van der Waals surface area (Å²) < 4.78 is 0. The van der Waals surface area contributed by atoms with E-state index < -0.39 is 5.24 Å². The van der Waals surface area contributed by atoms with Gasteiger partial charge in [0.05, 0.1) is 0 Å². The monoisotopic (exact) mass is 361 g/mol. The van der Waals surface area contributed by atoms with Gasteiger partial charge >= 0.3 is 0 Å². The number of rotatable bonds is 15. The summed E-state index contributed by atoms with van der Waals surface area (Å²) in [7, 11) is 0. The van der Waals surface area contributed by atoms with Crippen molar-refractivity contribution in [1.82, 2.24) is 0 Å². The second-order valence-corrected chi connectivity index (χ2v) is 6.73. The number of hydrogen-bond donors (Lipinski definition) is 1. The molecule has 25 heavy (non-hydrogen) atoms. The van der Waals surface area contributed by atoms with Crippen LogP contribution in [0, 0.1) is 0 Å². The Balaban J connectivity index is 1.96. The zero-order chi connectivity index (χ0) is 18.2. The van der Waals surface area contributed by atoms with Gasteiger partial charge in [0.15, 0.2) is 0 Å². The molecule has 3 heteroatoms. The highest BCUT2D eigenvalue weighted by atomic mass is 35.5. The molecule has 1 aromatic rings. The van der Waals surface area contributed by atoms with Gasteiger partial charge in [-0.2, -0.15) is 0 Å². The van der Waals surface area contributed by atoms with Crippen molar-refractivity contribution in [3.63, 3.8) is 0 Å². The van der Waals surface area contributed by atoms with E-state index in [1.165, 1.54) is 44.9 Å². The number of carbonyl (C=O) groups is 1. The molecule has 1 N–H and O–H groups in total. The standard InChI is InChI=1S/C22H32ClNO/c1-2-3-4-5-6-7-8-9-10-11-12-13-14-18-24-21-17-15-16-20(19-21)22(23)25/h2,11-12,15-17,19,24H,1,3-10,13-14,18H2/b12-11+. The van der Waals surface area contributed by atoms with Crippen LogP contribution in [0.5, 0.6) is 0 Å². The number of hydrogen-bond acceptors (Lipinski definition) is 2. The highest BCUT2D eigenvalue weighted by molar-refractivity contribution is 6.67. The van der Waals surface area contributed by atoms with Gasteiger partial charge in [0, 0.05) is 17.8 Å². The molecule has 0 spiro atoms. The Morgan fingerprint density at radius 3 is 2.28 bits per heavy atom. The van der Waals surface area contributed by atoms with Gasteiger partial charge in [-0.25, -0.2) is 0 Å². The Morgan fingerprint density at radius 2 is 1.60 bits per heavy atom. The van der Waals surface area contributed by atoms with E-state index in [1.807, 2.05) is 18.2 Å². The Bertz CT molecular complexity index is 525. The van der Waals surface area contributed by atoms with E-state index in [0.29, 0.717) is 5.56 Å². The van der Waals surface area contributed by atoms with Crippen molar-refractivity contribution in [2.24, 2.45) is 0 Å². The maximum absolute atomic E-state index is 11.1. The van der Waals surface area contributed by atoms with Crippen LogP contribution in [0.3, 0.4) is 0 Å². The Hall–Kier alpha value is -1.54. The highest BCUT2D eigenvalue weighted by Crippen LogP contribution is 2.13. The van der Waals surface area contributed by atoms with Crippen molar-refractivity contribution >= 4 is 22.5 Å². The van der Waals surface area contributed by atoms with Crippen LogP contribution in [0.4, 0.5) is 5.69 Å². The summed E-state index contributed by atoms with van der Waals surface area (Å²) in [5, 5.41) is 2.92. The number of nitrogens with one attached hydrogen (secondary N) is 1. The first kappa shape index (κ1) is 21.5. The van der Waals surface area contributed by atoms with Crippen LogP contribution < -0.4 is 5.32 Å². The largest absolute Gasteiger partial charge is 0.385 e. The van der Waals surface area contributed by atoms with Crippen molar-refractivity contribution in [1.29, 1.82) is 0 Å². The molecule has 0 unspecified atom stereocenters. The summed E-state index contributed by atoms with van der Waals surface area (Å²) >= 11 is 5.49. The smallest absolute Gasteiger partial charge is 0.252 e. The first-order valence-corrected chi connectivity index (χ1v) is 9.91. The quantitative estimate of drug-likeness (QED) is 0.204. The SMILES string of the molecule is C=CCCCCCCCC/C=C/CCCNc1cccc(C(=O)Cl)c1. The average molecular weight is 362 g/mol. The van der Waals surface area contributed by atoms with Crippen molar-refractivity contribution in [3.8, 4) is 0 Å². The third-order valence-corrected chi connectivity index (χ3v) is 4.38. The highest BCUT2D eigenvalue weighted by Gasteiger charge is 2.01. The molecule has 0 bridgehead atoms. The normalized spacial score (nSPS) is 10.9.